The first-order valence-corrected chi connectivity index (χ1v) is 6.31. The van der Waals surface area contributed by atoms with Crippen molar-refractivity contribution in [1.29, 1.82) is 0 Å². The van der Waals surface area contributed by atoms with E-state index in [4.69, 9.17) is 11.2 Å². The maximum Gasteiger partial charge on any atom is 0.258 e. The molecular weight excluding hydrogens is 240 g/mol. The van der Waals surface area contributed by atoms with Gasteiger partial charge in [0.2, 0.25) is 0 Å². The second-order valence-electron chi connectivity index (χ2n) is 4.11. The zero-order chi connectivity index (χ0) is 14.1. The van der Waals surface area contributed by atoms with Crippen molar-refractivity contribution in [2.75, 3.05) is 19.7 Å². The van der Waals surface area contributed by atoms with Crippen LogP contribution in [0.3, 0.4) is 0 Å². The van der Waals surface area contributed by atoms with Crippen molar-refractivity contribution >= 4 is 5.91 Å². The molecule has 0 bridgehead atoms. The summed E-state index contributed by atoms with van der Waals surface area (Å²) in [6, 6.07) is 5.93. The summed E-state index contributed by atoms with van der Waals surface area (Å²) < 4.78 is 5.60. The summed E-state index contributed by atoms with van der Waals surface area (Å²) in [6.45, 7) is 5.81. The van der Waals surface area contributed by atoms with Gasteiger partial charge >= 0.3 is 0 Å². The molecule has 0 aliphatic rings. The van der Waals surface area contributed by atoms with Crippen LogP contribution in [0.25, 0.3) is 0 Å². The van der Waals surface area contributed by atoms with E-state index in [2.05, 4.69) is 16.6 Å². The quantitative estimate of drug-likeness (QED) is 0.725. The van der Waals surface area contributed by atoms with Gasteiger partial charge in [-0.25, -0.2) is 0 Å². The molecule has 0 spiro atoms. The van der Waals surface area contributed by atoms with Gasteiger partial charge in [-0.2, -0.15) is 0 Å². The van der Waals surface area contributed by atoms with Gasteiger partial charge in [0.25, 0.3) is 5.91 Å². The van der Waals surface area contributed by atoms with Crippen molar-refractivity contribution in [3.05, 3.63) is 29.3 Å². The van der Waals surface area contributed by atoms with Crippen LogP contribution in [0.4, 0.5) is 0 Å². The van der Waals surface area contributed by atoms with E-state index in [1.54, 1.807) is 0 Å². The lowest BCUT2D eigenvalue weighted by Crippen LogP contribution is -2.29. The van der Waals surface area contributed by atoms with E-state index in [1.807, 2.05) is 32.0 Å². The maximum atomic E-state index is 11.5. The fourth-order valence-corrected chi connectivity index (χ4v) is 1.66. The first-order chi connectivity index (χ1) is 9.19. The molecule has 0 unspecified atom stereocenters. The molecule has 0 saturated carbocycles. The largest absolute Gasteiger partial charge is 0.483 e. The summed E-state index contributed by atoms with van der Waals surface area (Å²) >= 11 is 0. The van der Waals surface area contributed by atoms with Gasteiger partial charge in [0.15, 0.2) is 6.61 Å². The molecular formula is C15H20N2O2. The second-order valence-corrected chi connectivity index (χ2v) is 4.11. The van der Waals surface area contributed by atoms with Crippen LogP contribution in [0.15, 0.2) is 18.2 Å². The van der Waals surface area contributed by atoms with Crippen molar-refractivity contribution in [1.82, 2.24) is 10.6 Å². The van der Waals surface area contributed by atoms with Crippen LogP contribution in [-0.4, -0.2) is 25.6 Å². The minimum atomic E-state index is -0.212. The Balaban J connectivity index is 2.65. The molecule has 19 heavy (non-hydrogen) atoms. The third kappa shape index (κ3) is 5.02. The minimum Gasteiger partial charge on any atom is -0.483 e. The number of rotatable bonds is 7. The number of hydrogen-bond acceptors (Lipinski definition) is 3. The van der Waals surface area contributed by atoms with Crippen LogP contribution >= 0.6 is 0 Å². The summed E-state index contributed by atoms with van der Waals surface area (Å²) in [5.74, 6) is 2.90. The second kappa shape index (κ2) is 8.17. The number of nitrogens with one attached hydrogen (secondary N) is 2. The van der Waals surface area contributed by atoms with Crippen molar-refractivity contribution in [3.63, 3.8) is 0 Å². The summed E-state index contributed by atoms with van der Waals surface area (Å²) in [7, 11) is 0. The standard InChI is InChI=1S/C15H20N2O2/c1-4-9-17-14(18)11-19-15-12(3)7-6-8-13(15)10-16-5-2/h1,6-8,16H,5,9-11H2,2-3H3,(H,17,18). The highest BCUT2D eigenvalue weighted by Crippen LogP contribution is 2.23. The van der Waals surface area contributed by atoms with Gasteiger partial charge in [-0.15, -0.1) is 6.42 Å². The Bertz CT molecular complexity index is 464. The third-order valence-corrected chi connectivity index (χ3v) is 2.59. The molecule has 2 N–H and O–H groups in total. The summed E-state index contributed by atoms with van der Waals surface area (Å²) in [6.07, 6.45) is 5.07. The van der Waals surface area contributed by atoms with E-state index < -0.39 is 0 Å². The van der Waals surface area contributed by atoms with E-state index in [-0.39, 0.29) is 19.1 Å². The predicted molar refractivity (Wildman–Crippen MR) is 75.9 cm³/mol. The SMILES string of the molecule is C#CCNC(=O)COc1c(C)cccc1CNCC. The minimum absolute atomic E-state index is 0.0222. The average Bonchev–Trinajstić information content (AvgIpc) is 2.41. The van der Waals surface area contributed by atoms with Gasteiger partial charge in [-0.3, -0.25) is 4.79 Å². The highest BCUT2D eigenvalue weighted by atomic mass is 16.5. The Morgan fingerprint density at radius 3 is 2.95 bits per heavy atom. The molecule has 0 radical (unpaired) electrons. The van der Waals surface area contributed by atoms with E-state index in [9.17, 15) is 4.79 Å². The lowest BCUT2D eigenvalue weighted by molar-refractivity contribution is -0.122. The highest BCUT2D eigenvalue weighted by Gasteiger charge is 2.08. The number of carbonyl (C=O) groups is 1. The van der Waals surface area contributed by atoms with Gasteiger partial charge in [0, 0.05) is 12.1 Å². The normalized spacial score (nSPS) is 9.74. The van der Waals surface area contributed by atoms with Crippen LogP contribution in [0.5, 0.6) is 5.75 Å². The molecule has 0 heterocycles. The molecule has 102 valence electrons. The predicted octanol–water partition coefficient (Wildman–Crippen LogP) is 1.23. The van der Waals surface area contributed by atoms with Gasteiger partial charge < -0.3 is 15.4 Å². The molecule has 0 aliphatic carbocycles. The smallest absolute Gasteiger partial charge is 0.258 e. The fraction of sp³-hybridized carbons (Fsp3) is 0.400. The monoisotopic (exact) mass is 260 g/mol. The van der Waals surface area contributed by atoms with Crippen molar-refractivity contribution in [3.8, 4) is 18.1 Å². The Labute approximate surface area is 114 Å². The van der Waals surface area contributed by atoms with E-state index in [0.717, 1.165) is 30.0 Å². The number of benzene rings is 1. The molecule has 0 saturated heterocycles. The van der Waals surface area contributed by atoms with Gasteiger partial charge in [0.05, 0.1) is 6.54 Å². The molecule has 0 aromatic heterocycles. The van der Waals surface area contributed by atoms with Crippen molar-refractivity contribution in [2.24, 2.45) is 0 Å². The molecule has 1 aromatic carbocycles. The summed E-state index contributed by atoms with van der Waals surface area (Å²) in [4.78, 5) is 11.5. The fourth-order valence-electron chi connectivity index (χ4n) is 1.66. The molecule has 0 atom stereocenters. The zero-order valence-corrected chi connectivity index (χ0v) is 11.5. The topological polar surface area (TPSA) is 50.4 Å². The number of aryl methyl sites for hydroxylation is 1. The van der Waals surface area contributed by atoms with Crippen LogP contribution in [0.2, 0.25) is 0 Å². The average molecular weight is 260 g/mol. The Hall–Kier alpha value is -1.99. The van der Waals surface area contributed by atoms with Crippen LogP contribution in [0.1, 0.15) is 18.1 Å². The first-order valence-electron chi connectivity index (χ1n) is 6.31. The van der Waals surface area contributed by atoms with Crippen LogP contribution in [0, 0.1) is 19.3 Å². The number of terminal acetylenes is 1. The highest BCUT2D eigenvalue weighted by molar-refractivity contribution is 5.77. The summed E-state index contributed by atoms with van der Waals surface area (Å²) in [5, 5.41) is 5.82. The van der Waals surface area contributed by atoms with Gasteiger partial charge in [0.1, 0.15) is 5.75 Å². The molecule has 0 fully saturated rings. The molecule has 4 nitrogen and oxygen atoms in total. The van der Waals surface area contributed by atoms with Gasteiger partial charge in [-0.05, 0) is 19.0 Å². The lowest BCUT2D eigenvalue weighted by Gasteiger charge is -2.14. The molecule has 0 aliphatic heterocycles. The van der Waals surface area contributed by atoms with Crippen LogP contribution < -0.4 is 15.4 Å². The van der Waals surface area contributed by atoms with Crippen molar-refractivity contribution < 1.29 is 9.53 Å². The van der Waals surface area contributed by atoms with Gasteiger partial charge in [-0.1, -0.05) is 31.0 Å². The Morgan fingerprint density at radius 2 is 2.26 bits per heavy atom. The number of para-hydroxylation sites is 1. The molecule has 1 rings (SSSR count). The lowest BCUT2D eigenvalue weighted by atomic mass is 10.1. The van der Waals surface area contributed by atoms with E-state index in [0.29, 0.717) is 0 Å². The molecule has 1 aromatic rings. The number of hydrogen-bond donors (Lipinski definition) is 2. The molecule has 4 heteroatoms. The van der Waals surface area contributed by atoms with E-state index >= 15 is 0 Å². The van der Waals surface area contributed by atoms with Crippen molar-refractivity contribution in [2.45, 2.75) is 20.4 Å². The molecule has 1 amide bonds. The summed E-state index contributed by atoms with van der Waals surface area (Å²) in [5.41, 5.74) is 2.06. The van der Waals surface area contributed by atoms with E-state index in [1.165, 1.54) is 0 Å². The zero-order valence-electron chi connectivity index (χ0n) is 11.5. The number of ether oxygens (including phenoxy) is 1. The maximum absolute atomic E-state index is 11.5. The number of carbonyl (C=O) groups excluding carboxylic acids is 1. The van der Waals surface area contributed by atoms with Crippen LogP contribution in [-0.2, 0) is 11.3 Å². The Kier molecular flexibility index (Phi) is 6.48. The number of amides is 1. The third-order valence-electron chi connectivity index (χ3n) is 2.59. The Morgan fingerprint density at radius 1 is 1.47 bits per heavy atom. The first kappa shape index (κ1) is 15.1.